The van der Waals surface area contributed by atoms with Gasteiger partial charge < -0.3 is 31.0 Å². The number of carbonyl (C=O) groups is 1. The summed E-state index contributed by atoms with van der Waals surface area (Å²) in [6.07, 6.45) is -2.98. The van der Waals surface area contributed by atoms with Crippen molar-refractivity contribution in [1.82, 2.24) is 25.6 Å². The third-order valence-electron chi connectivity index (χ3n) is 5.85. The molecule has 0 spiro atoms. The molecular weight excluding hydrogens is 511 g/mol. The quantitative estimate of drug-likeness (QED) is 0.160. The van der Waals surface area contributed by atoms with Gasteiger partial charge in [-0.3, -0.25) is 4.79 Å². The lowest BCUT2D eigenvalue weighted by Crippen LogP contribution is -2.27. The lowest BCUT2D eigenvalue weighted by molar-refractivity contribution is -0.138. The van der Waals surface area contributed by atoms with Gasteiger partial charge in [-0.15, -0.1) is 0 Å². The summed E-state index contributed by atoms with van der Waals surface area (Å²) in [6.45, 7) is 7.35. The van der Waals surface area contributed by atoms with E-state index in [1.807, 2.05) is 13.8 Å². The molecule has 2 heterocycles. The van der Waals surface area contributed by atoms with E-state index in [9.17, 15) is 18.0 Å². The molecule has 0 unspecified atom stereocenters. The third kappa shape index (κ3) is 7.24. The smallest absolute Gasteiger partial charge is 0.416 e. The molecule has 0 atom stereocenters. The number of pyridine rings is 1. The average molecular weight is 542 g/mol. The average Bonchev–Trinajstić information content (AvgIpc) is 3.29. The number of imidazole rings is 1. The summed E-state index contributed by atoms with van der Waals surface area (Å²) in [7, 11) is 0. The molecular formula is C27H30F3N7O2. The fourth-order valence-electron chi connectivity index (χ4n) is 4.00. The fraction of sp³-hybridized carbons (Fsp3) is 0.296. The van der Waals surface area contributed by atoms with E-state index in [1.165, 1.54) is 19.2 Å². The van der Waals surface area contributed by atoms with Crippen molar-refractivity contribution in [2.24, 2.45) is 0 Å². The Hall–Kier alpha value is -4.16. The SMILES string of the molecule is CCNCCNCc1ccc(Nc2nc3ccc(Oc4ccnc(NC(C)=O)c4)c(C)c3[nH]2)cc1C(F)(F)F. The van der Waals surface area contributed by atoms with Gasteiger partial charge in [0.15, 0.2) is 0 Å². The molecule has 2 aromatic heterocycles. The van der Waals surface area contributed by atoms with E-state index < -0.39 is 11.7 Å². The molecule has 12 heteroatoms. The van der Waals surface area contributed by atoms with E-state index in [1.54, 1.807) is 30.3 Å². The van der Waals surface area contributed by atoms with Gasteiger partial charge >= 0.3 is 6.18 Å². The standard InChI is InChI=1S/C27H30F3N7O2/c1-4-31-11-12-32-15-18-5-6-19(13-21(18)27(28,29)30)35-26-36-22-7-8-23(16(2)25(22)37-26)39-20-9-10-33-24(14-20)34-17(3)38/h5-10,13-14,31-32H,4,11-12,15H2,1-3H3,(H,33,34,38)(H2,35,36,37). The number of aromatic nitrogens is 3. The van der Waals surface area contributed by atoms with Crippen LogP contribution in [0, 0.1) is 6.92 Å². The number of fused-ring (bicyclic) bond motifs is 1. The molecule has 0 fully saturated rings. The van der Waals surface area contributed by atoms with Crippen molar-refractivity contribution in [2.75, 3.05) is 30.3 Å². The first-order valence-electron chi connectivity index (χ1n) is 12.4. The van der Waals surface area contributed by atoms with E-state index in [-0.39, 0.29) is 23.7 Å². The van der Waals surface area contributed by atoms with Crippen LogP contribution in [0.25, 0.3) is 11.0 Å². The van der Waals surface area contributed by atoms with E-state index >= 15 is 0 Å². The minimum Gasteiger partial charge on any atom is -0.457 e. The van der Waals surface area contributed by atoms with Crippen molar-refractivity contribution in [2.45, 2.75) is 33.5 Å². The Morgan fingerprint density at radius 2 is 1.87 bits per heavy atom. The first-order valence-corrected chi connectivity index (χ1v) is 12.4. The van der Waals surface area contributed by atoms with Crippen LogP contribution in [0.4, 0.5) is 30.6 Å². The maximum absolute atomic E-state index is 13.8. The van der Waals surface area contributed by atoms with Crippen LogP contribution in [0.1, 0.15) is 30.5 Å². The minimum absolute atomic E-state index is 0.108. The van der Waals surface area contributed by atoms with Crippen LogP contribution in [-0.4, -0.2) is 40.5 Å². The number of carbonyl (C=O) groups excluding carboxylic acids is 1. The van der Waals surface area contributed by atoms with Gasteiger partial charge in [0.05, 0.1) is 16.6 Å². The molecule has 0 bridgehead atoms. The first-order chi connectivity index (χ1) is 18.6. The zero-order chi connectivity index (χ0) is 28.0. The highest BCUT2D eigenvalue weighted by molar-refractivity contribution is 5.87. The van der Waals surface area contributed by atoms with Gasteiger partial charge in [0, 0.05) is 50.1 Å². The molecule has 0 saturated carbocycles. The number of benzene rings is 2. The summed E-state index contributed by atoms with van der Waals surface area (Å²) in [6, 6.07) is 10.9. The monoisotopic (exact) mass is 541 g/mol. The number of rotatable bonds is 11. The van der Waals surface area contributed by atoms with E-state index in [0.29, 0.717) is 47.4 Å². The maximum Gasteiger partial charge on any atom is 0.416 e. The van der Waals surface area contributed by atoms with Crippen molar-refractivity contribution in [1.29, 1.82) is 0 Å². The number of nitrogens with zero attached hydrogens (tertiary/aromatic N) is 2. The molecule has 9 nitrogen and oxygen atoms in total. The number of halogens is 3. The second kappa shape index (κ2) is 12.1. The number of alkyl halides is 3. The number of ether oxygens (including phenoxy) is 1. The van der Waals surface area contributed by atoms with Crippen LogP contribution in [0.3, 0.4) is 0 Å². The highest BCUT2D eigenvalue weighted by Crippen LogP contribution is 2.35. The topological polar surface area (TPSA) is 116 Å². The Kier molecular flexibility index (Phi) is 8.67. The van der Waals surface area contributed by atoms with Gasteiger partial charge in [-0.2, -0.15) is 13.2 Å². The van der Waals surface area contributed by atoms with Crippen molar-refractivity contribution >= 4 is 34.4 Å². The molecule has 39 heavy (non-hydrogen) atoms. The predicted octanol–water partition coefficient (Wildman–Crippen LogP) is 5.48. The number of amides is 1. The third-order valence-corrected chi connectivity index (χ3v) is 5.85. The number of likely N-dealkylation sites (N-methyl/N-ethyl adjacent to an activating group) is 1. The minimum atomic E-state index is -4.50. The Morgan fingerprint density at radius 3 is 2.62 bits per heavy atom. The summed E-state index contributed by atoms with van der Waals surface area (Å²) in [5, 5.41) is 11.7. The van der Waals surface area contributed by atoms with Gasteiger partial charge in [-0.25, -0.2) is 9.97 Å². The van der Waals surface area contributed by atoms with Gasteiger partial charge in [0.2, 0.25) is 11.9 Å². The largest absolute Gasteiger partial charge is 0.457 e. The van der Waals surface area contributed by atoms with Crippen LogP contribution >= 0.6 is 0 Å². The molecule has 4 aromatic rings. The molecule has 0 aliphatic rings. The van der Waals surface area contributed by atoms with Gasteiger partial charge in [0.25, 0.3) is 0 Å². The van der Waals surface area contributed by atoms with E-state index in [2.05, 4.69) is 36.2 Å². The normalized spacial score (nSPS) is 11.5. The van der Waals surface area contributed by atoms with Crippen LogP contribution in [0.5, 0.6) is 11.5 Å². The van der Waals surface area contributed by atoms with E-state index in [0.717, 1.165) is 18.2 Å². The first kappa shape index (κ1) is 27.9. The van der Waals surface area contributed by atoms with Crippen molar-refractivity contribution in [3.8, 4) is 11.5 Å². The summed E-state index contributed by atoms with van der Waals surface area (Å²) in [5.74, 6) is 1.43. The molecule has 5 N–H and O–H groups in total. The van der Waals surface area contributed by atoms with E-state index in [4.69, 9.17) is 4.74 Å². The number of aromatic amines is 1. The van der Waals surface area contributed by atoms with Crippen LogP contribution in [0.15, 0.2) is 48.7 Å². The highest BCUT2D eigenvalue weighted by atomic mass is 19.4. The van der Waals surface area contributed by atoms with Crippen molar-refractivity contribution < 1.29 is 22.7 Å². The van der Waals surface area contributed by atoms with Crippen LogP contribution in [0.2, 0.25) is 0 Å². The fourth-order valence-corrected chi connectivity index (χ4v) is 4.00. The summed E-state index contributed by atoms with van der Waals surface area (Å²) < 4.78 is 47.4. The number of H-pyrrole nitrogens is 1. The lowest BCUT2D eigenvalue weighted by Gasteiger charge is -2.15. The zero-order valence-electron chi connectivity index (χ0n) is 21.8. The molecule has 206 valence electrons. The van der Waals surface area contributed by atoms with Crippen LogP contribution in [-0.2, 0) is 17.5 Å². The summed E-state index contributed by atoms with van der Waals surface area (Å²) in [4.78, 5) is 23.0. The van der Waals surface area contributed by atoms with Gasteiger partial charge in [-0.05, 0) is 49.4 Å². The van der Waals surface area contributed by atoms with Crippen LogP contribution < -0.4 is 26.0 Å². The Bertz CT molecular complexity index is 1450. The van der Waals surface area contributed by atoms with Crippen molar-refractivity contribution in [3.05, 3.63) is 65.4 Å². The van der Waals surface area contributed by atoms with Crippen molar-refractivity contribution in [3.63, 3.8) is 0 Å². The van der Waals surface area contributed by atoms with Gasteiger partial charge in [0.1, 0.15) is 17.3 Å². The predicted molar refractivity (Wildman–Crippen MR) is 144 cm³/mol. The number of aryl methyl sites for hydroxylation is 1. The number of nitrogens with one attached hydrogen (secondary N) is 5. The zero-order valence-corrected chi connectivity index (χ0v) is 21.8. The molecule has 4 rings (SSSR count). The Morgan fingerprint density at radius 1 is 1.08 bits per heavy atom. The molecule has 0 aliphatic heterocycles. The Labute approximate surface area is 223 Å². The molecule has 0 aliphatic carbocycles. The number of anilines is 3. The molecule has 2 aromatic carbocycles. The number of hydrogen-bond donors (Lipinski definition) is 5. The maximum atomic E-state index is 13.8. The Balaban J connectivity index is 1.52. The molecule has 1 amide bonds. The van der Waals surface area contributed by atoms with Gasteiger partial charge in [-0.1, -0.05) is 13.0 Å². The summed E-state index contributed by atoms with van der Waals surface area (Å²) in [5.41, 5.74) is 1.76. The molecule has 0 radical (unpaired) electrons. The highest BCUT2D eigenvalue weighted by Gasteiger charge is 2.33. The lowest BCUT2D eigenvalue weighted by atomic mass is 10.1. The summed E-state index contributed by atoms with van der Waals surface area (Å²) >= 11 is 0. The number of hydrogen-bond acceptors (Lipinski definition) is 7. The second-order valence-electron chi connectivity index (χ2n) is 8.85. The molecule has 0 saturated heterocycles. The second-order valence-corrected chi connectivity index (χ2v) is 8.85.